The van der Waals surface area contributed by atoms with Gasteiger partial charge in [0.2, 0.25) is 0 Å². The van der Waals surface area contributed by atoms with Crippen LogP contribution in [0.2, 0.25) is 0 Å². The summed E-state index contributed by atoms with van der Waals surface area (Å²) in [6.45, 7) is 0.598. The number of thioether (sulfide) groups is 1. The van der Waals surface area contributed by atoms with Gasteiger partial charge < -0.3 is 15.5 Å². The lowest BCUT2D eigenvalue weighted by Gasteiger charge is -2.25. The van der Waals surface area contributed by atoms with Gasteiger partial charge in [-0.05, 0) is 44.4 Å². The van der Waals surface area contributed by atoms with Crippen molar-refractivity contribution in [3.8, 4) is 5.75 Å². The molecule has 27 heavy (non-hydrogen) atoms. The summed E-state index contributed by atoms with van der Waals surface area (Å²) in [5, 5.41) is 0.543. The number of H-pyrrole nitrogens is 1. The minimum absolute atomic E-state index is 0. The molecule has 4 rings (SSSR count). The second kappa shape index (κ2) is 8.80. The second-order valence-corrected chi connectivity index (χ2v) is 8.70. The highest BCUT2D eigenvalue weighted by Gasteiger charge is 2.23. The molecule has 0 unspecified atom stereocenters. The maximum absolute atomic E-state index is 14.3. The van der Waals surface area contributed by atoms with Crippen LogP contribution in [0.25, 0.3) is 10.9 Å². The predicted octanol–water partition coefficient (Wildman–Crippen LogP) is 3.78. The molecule has 2 aliphatic rings. The normalized spacial score (nSPS) is 22.4. The van der Waals surface area contributed by atoms with Crippen molar-refractivity contribution in [2.45, 2.75) is 55.6 Å². The van der Waals surface area contributed by atoms with Crippen LogP contribution in [0.15, 0.2) is 16.9 Å². The number of halogens is 2. The number of fused-ring (bicyclic) bond motifs is 1. The fraction of sp³-hybridized carbons (Fsp3) is 0.579. The van der Waals surface area contributed by atoms with Crippen molar-refractivity contribution in [1.82, 2.24) is 9.97 Å². The smallest absolute Gasteiger partial charge is 0.261 e. The van der Waals surface area contributed by atoms with E-state index in [9.17, 15) is 9.18 Å². The monoisotopic (exact) mass is 413 g/mol. The number of ether oxygens (including phenoxy) is 1. The van der Waals surface area contributed by atoms with E-state index in [-0.39, 0.29) is 17.8 Å². The molecule has 3 N–H and O–H groups in total. The zero-order valence-corrected chi connectivity index (χ0v) is 16.7. The molecule has 0 atom stereocenters. The van der Waals surface area contributed by atoms with Gasteiger partial charge >= 0.3 is 0 Å². The summed E-state index contributed by atoms with van der Waals surface area (Å²) < 4.78 is 20.0. The van der Waals surface area contributed by atoms with Crippen LogP contribution in [-0.4, -0.2) is 27.9 Å². The summed E-state index contributed by atoms with van der Waals surface area (Å²) in [4.78, 5) is 19.5. The van der Waals surface area contributed by atoms with Crippen LogP contribution in [0.1, 0.15) is 44.3 Å². The molecule has 8 heteroatoms. The first-order chi connectivity index (χ1) is 12.6. The minimum atomic E-state index is -0.581. The lowest BCUT2D eigenvalue weighted by molar-refractivity contribution is 0.299. The van der Waals surface area contributed by atoms with Crippen LogP contribution in [0.3, 0.4) is 0 Å². The van der Waals surface area contributed by atoms with E-state index >= 15 is 0 Å². The quantitative estimate of drug-likeness (QED) is 0.753. The first kappa shape index (κ1) is 20.4. The Morgan fingerprint density at radius 1 is 1.22 bits per heavy atom. The second-order valence-electron chi connectivity index (χ2n) is 7.41. The van der Waals surface area contributed by atoms with Crippen molar-refractivity contribution < 1.29 is 9.13 Å². The van der Waals surface area contributed by atoms with E-state index in [1.54, 1.807) is 17.8 Å². The third kappa shape index (κ3) is 5.15. The topological polar surface area (TPSA) is 81.0 Å². The molecule has 5 nitrogen and oxygen atoms in total. The van der Waals surface area contributed by atoms with Crippen molar-refractivity contribution in [2.24, 2.45) is 11.7 Å². The average Bonchev–Trinajstić information content (AvgIpc) is 3.43. The standard InChI is InChI=1S/C19H24FN3O2S.ClH/c20-15-7-13(25-9-11-1-2-11)8-16-18(15)19(24)23-17(22-16)10-26-14-5-3-12(21)4-6-14;/h7-8,11-12,14H,1-6,9-10,21H2,(H,22,23,24);1H/t12-,14+;. The number of benzene rings is 1. The van der Waals surface area contributed by atoms with E-state index in [0.717, 1.165) is 25.7 Å². The molecule has 1 aromatic carbocycles. The number of hydrogen-bond acceptors (Lipinski definition) is 5. The van der Waals surface area contributed by atoms with Gasteiger partial charge in [0.25, 0.3) is 5.56 Å². The van der Waals surface area contributed by atoms with Crippen LogP contribution >= 0.6 is 24.2 Å². The Labute approximate surface area is 168 Å². The van der Waals surface area contributed by atoms with Gasteiger partial charge in [-0.25, -0.2) is 9.37 Å². The lowest BCUT2D eigenvalue weighted by atomic mass is 9.96. The number of nitrogens with zero attached hydrogens (tertiary/aromatic N) is 1. The van der Waals surface area contributed by atoms with Crippen LogP contribution in [0, 0.1) is 11.7 Å². The van der Waals surface area contributed by atoms with Crippen molar-refractivity contribution in [1.29, 1.82) is 0 Å². The van der Waals surface area contributed by atoms with E-state index in [4.69, 9.17) is 10.5 Å². The molecule has 0 saturated heterocycles. The maximum atomic E-state index is 14.3. The molecule has 0 spiro atoms. The Bertz CT molecular complexity index is 851. The van der Waals surface area contributed by atoms with Gasteiger partial charge in [-0.15, -0.1) is 12.4 Å². The molecule has 1 aromatic heterocycles. The highest BCUT2D eigenvalue weighted by molar-refractivity contribution is 7.99. The summed E-state index contributed by atoms with van der Waals surface area (Å²) in [6, 6.07) is 3.27. The van der Waals surface area contributed by atoms with Crippen LogP contribution in [0.4, 0.5) is 4.39 Å². The van der Waals surface area contributed by atoms with Gasteiger partial charge in [0.1, 0.15) is 22.8 Å². The first-order valence-corrected chi connectivity index (χ1v) is 10.4. The number of nitrogens with one attached hydrogen (secondary N) is 1. The molecular formula is C19H25ClFN3O2S. The van der Waals surface area contributed by atoms with Crippen molar-refractivity contribution in [3.63, 3.8) is 0 Å². The number of rotatable bonds is 6. The summed E-state index contributed by atoms with van der Waals surface area (Å²) >= 11 is 1.79. The highest BCUT2D eigenvalue weighted by atomic mass is 35.5. The zero-order valence-electron chi connectivity index (χ0n) is 15.1. The molecule has 148 valence electrons. The number of aromatic amines is 1. The molecule has 0 amide bonds. The minimum Gasteiger partial charge on any atom is -0.493 e. The Hall–Kier alpha value is -1.31. The average molecular weight is 414 g/mol. The fourth-order valence-electron chi connectivity index (χ4n) is 3.35. The SMILES string of the molecule is Cl.N[C@H]1CC[C@@H](SCc2nc3cc(OCC4CC4)cc(F)c3c(=O)[nH]2)CC1. The molecule has 2 aromatic rings. The van der Waals surface area contributed by atoms with Gasteiger partial charge in [-0.2, -0.15) is 11.8 Å². The third-order valence-electron chi connectivity index (χ3n) is 5.14. The Morgan fingerprint density at radius 2 is 1.96 bits per heavy atom. The van der Waals surface area contributed by atoms with E-state index in [2.05, 4.69) is 9.97 Å². The molecule has 2 fully saturated rings. The maximum Gasteiger partial charge on any atom is 0.261 e. The van der Waals surface area contributed by atoms with Gasteiger partial charge in [-0.1, -0.05) is 0 Å². The lowest BCUT2D eigenvalue weighted by Crippen LogP contribution is -2.27. The van der Waals surface area contributed by atoms with E-state index in [0.29, 0.717) is 46.7 Å². The number of nitrogens with two attached hydrogens (primary N) is 1. The number of aromatic nitrogens is 2. The van der Waals surface area contributed by atoms with Crippen LogP contribution < -0.4 is 16.0 Å². The Kier molecular flexibility index (Phi) is 6.65. The van der Waals surface area contributed by atoms with Gasteiger partial charge in [-0.3, -0.25) is 4.79 Å². The fourth-order valence-corrected chi connectivity index (χ4v) is 4.49. The third-order valence-corrected chi connectivity index (χ3v) is 6.52. The van der Waals surface area contributed by atoms with Crippen molar-refractivity contribution in [2.75, 3.05) is 6.61 Å². The molecule has 0 radical (unpaired) electrons. The Morgan fingerprint density at radius 3 is 2.67 bits per heavy atom. The summed E-state index contributed by atoms with van der Waals surface area (Å²) in [5.74, 6) is 1.64. The van der Waals surface area contributed by atoms with Crippen LogP contribution in [-0.2, 0) is 5.75 Å². The van der Waals surface area contributed by atoms with E-state index in [1.165, 1.54) is 18.9 Å². The first-order valence-electron chi connectivity index (χ1n) is 9.31. The van der Waals surface area contributed by atoms with Crippen molar-refractivity contribution in [3.05, 3.63) is 34.1 Å². The van der Waals surface area contributed by atoms with Gasteiger partial charge in [0, 0.05) is 23.4 Å². The van der Waals surface area contributed by atoms with Gasteiger partial charge in [0.15, 0.2) is 0 Å². The molecule has 0 bridgehead atoms. The largest absolute Gasteiger partial charge is 0.493 e. The molecule has 2 saturated carbocycles. The summed E-state index contributed by atoms with van der Waals surface area (Å²) in [5.41, 5.74) is 5.88. The summed E-state index contributed by atoms with van der Waals surface area (Å²) in [6.07, 6.45) is 6.62. The van der Waals surface area contributed by atoms with Gasteiger partial charge in [0.05, 0.1) is 17.9 Å². The zero-order chi connectivity index (χ0) is 18.1. The Balaban J connectivity index is 0.00000210. The number of hydrogen-bond donors (Lipinski definition) is 2. The molecular weight excluding hydrogens is 389 g/mol. The molecule has 1 heterocycles. The molecule has 2 aliphatic carbocycles. The summed E-state index contributed by atoms with van der Waals surface area (Å²) in [7, 11) is 0. The van der Waals surface area contributed by atoms with E-state index < -0.39 is 11.4 Å². The van der Waals surface area contributed by atoms with E-state index in [1.807, 2.05) is 0 Å². The predicted molar refractivity (Wildman–Crippen MR) is 109 cm³/mol. The van der Waals surface area contributed by atoms with Crippen LogP contribution in [0.5, 0.6) is 5.75 Å². The van der Waals surface area contributed by atoms with Crippen molar-refractivity contribution >= 4 is 35.1 Å². The highest BCUT2D eigenvalue weighted by Crippen LogP contribution is 2.31. The molecule has 0 aliphatic heterocycles.